The van der Waals surface area contributed by atoms with Crippen LogP contribution in [0.15, 0.2) is 10.7 Å². The Morgan fingerprint density at radius 1 is 1.35 bits per heavy atom. The van der Waals surface area contributed by atoms with Gasteiger partial charge in [0.2, 0.25) is 6.29 Å². The lowest BCUT2D eigenvalue weighted by Gasteiger charge is -2.32. The number of nitrogens with zero attached hydrogens (tertiary/aromatic N) is 1. The van der Waals surface area contributed by atoms with Crippen molar-refractivity contribution in [2.24, 2.45) is 0 Å². The minimum absolute atomic E-state index is 0.00448. The Balaban J connectivity index is 2.16. The van der Waals surface area contributed by atoms with E-state index in [1.807, 2.05) is 13.8 Å². The van der Waals surface area contributed by atoms with Crippen molar-refractivity contribution in [2.45, 2.75) is 45.5 Å². The van der Waals surface area contributed by atoms with E-state index in [0.29, 0.717) is 5.70 Å². The molecule has 96 valence electrons. The summed E-state index contributed by atoms with van der Waals surface area (Å²) < 4.78 is 10.7. The summed E-state index contributed by atoms with van der Waals surface area (Å²) in [6.07, 6.45) is 2.83. The van der Waals surface area contributed by atoms with Gasteiger partial charge in [0.05, 0.1) is 6.10 Å². The zero-order valence-electron chi connectivity index (χ0n) is 10.2. The van der Waals surface area contributed by atoms with Gasteiger partial charge in [-0.15, -0.1) is 0 Å². The van der Waals surface area contributed by atoms with Crippen LogP contribution in [0.3, 0.4) is 0 Å². The average Bonchev–Trinajstić information content (AvgIpc) is 2.55. The molecule has 2 rings (SSSR count). The number of hydrogen-bond acceptors (Lipinski definition) is 4. The molecule has 17 heavy (non-hydrogen) atoms. The lowest BCUT2D eigenvalue weighted by atomic mass is 10.1. The third-order valence-corrected chi connectivity index (χ3v) is 3.28. The van der Waals surface area contributed by atoms with Gasteiger partial charge in [-0.05, 0) is 33.1 Å². The summed E-state index contributed by atoms with van der Waals surface area (Å²) in [6, 6.07) is 0. The van der Waals surface area contributed by atoms with Crippen molar-refractivity contribution in [3.63, 3.8) is 0 Å². The van der Waals surface area contributed by atoms with E-state index in [1.54, 1.807) is 0 Å². The van der Waals surface area contributed by atoms with Crippen LogP contribution in [0.5, 0.6) is 0 Å². The van der Waals surface area contributed by atoms with E-state index in [1.165, 1.54) is 6.42 Å². The van der Waals surface area contributed by atoms with Crippen LogP contribution in [0.25, 0.3) is 0 Å². The molecule has 1 unspecified atom stereocenters. The molecule has 0 saturated carbocycles. The highest BCUT2D eigenvalue weighted by Crippen LogP contribution is 2.31. The van der Waals surface area contributed by atoms with Crippen LogP contribution < -0.4 is 0 Å². The summed E-state index contributed by atoms with van der Waals surface area (Å²) in [5, 5.41) is 0.178. The summed E-state index contributed by atoms with van der Waals surface area (Å²) >= 11 is 6.02. The largest absolute Gasteiger partial charge is 0.425 e. The van der Waals surface area contributed by atoms with E-state index in [0.717, 1.165) is 25.9 Å². The Morgan fingerprint density at radius 3 is 2.59 bits per heavy atom. The quantitative estimate of drug-likeness (QED) is 0.729. The summed E-state index contributed by atoms with van der Waals surface area (Å²) in [7, 11) is 0. The molecule has 0 aromatic carbocycles. The van der Waals surface area contributed by atoms with Crippen molar-refractivity contribution in [1.29, 1.82) is 0 Å². The SMILES string of the molecule is CC(C)OC1OC(=O)C(Cl)=C1N1CCCCC1. The molecule has 0 N–H and O–H groups in total. The highest BCUT2D eigenvalue weighted by Gasteiger charge is 2.38. The number of rotatable bonds is 3. The summed E-state index contributed by atoms with van der Waals surface area (Å²) in [5.41, 5.74) is 0.713. The molecule has 0 amide bonds. The number of hydrogen-bond donors (Lipinski definition) is 0. The summed E-state index contributed by atoms with van der Waals surface area (Å²) in [6.45, 7) is 5.65. The first-order valence-corrected chi connectivity index (χ1v) is 6.48. The Labute approximate surface area is 107 Å². The maximum Gasteiger partial charge on any atom is 0.354 e. The lowest BCUT2D eigenvalue weighted by molar-refractivity contribution is -0.168. The fraction of sp³-hybridized carbons (Fsp3) is 0.750. The van der Waals surface area contributed by atoms with Gasteiger partial charge in [0.1, 0.15) is 5.70 Å². The Hall–Kier alpha value is -0.740. The monoisotopic (exact) mass is 259 g/mol. The van der Waals surface area contributed by atoms with Crippen LogP contribution in [0.1, 0.15) is 33.1 Å². The van der Waals surface area contributed by atoms with E-state index < -0.39 is 12.3 Å². The number of cyclic esters (lactones) is 1. The standard InChI is InChI=1S/C12H18ClNO3/c1-8(2)16-12-10(9(13)11(15)17-12)14-6-4-3-5-7-14/h8,12H,3-7H2,1-2H3. The van der Waals surface area contributed by atoms with Crippen molar-refractivity contribution in [3.8, 4) is 0 Å². The second-order valence-corrected chi connectivity index (χ2v) is 5.05. The van der Waals surface area contributed by atoms with E-state index in [2.05, 4.69) is 4.90 Å². The first kappa shape index (κ1) is 12.7. The van der Waals surface area contributed by atoms with E-state index in [-0.39, 0.29) is 11.1 Å². The molecule has 0 spiro atoms. The molecule has 0 aromatic heterocycles. The molecular weight excluding hydrogens is 242 g/mol. The third-order valence-electron chi connectivity index (χ3n) is 2.93. The number of piperidine rings is 1. The number of halogens is 1. The molecule has 4 nitrogen and oxygen atoms in total. The van der Waals surface area contributed by atoms with E-state index in [4.69, 9.17) is 21.1 Å². The van der Waals surface area contributed by atoms with E-state index in [9.17, 15) is 4.79 Å². The van der Waals surface area contributed by atoms with Crippen LogP contribution >= 0.6 is 11.6 Å². The second kappa shape index (κ2) is 5.27. The van der Waals surface area contributed by atoms with Gasteiger partial charge in [-0.3, -0.25) is 0 Å². The molecule has 0 radical (unpaired) electrons. The lowest BCUT2D eigenvalue weighted by Crippen LogP contribution is -2.35. The second-order valence-electron chi connectivity index (χ2n) is 4.67. The van der Waals surface area contributed by atoms with Crippen LogP contribution in [-0.2, 0) is 14.3 Å². The molecule has 0 aromatic rings. The molecule has 1 saturated heterocycles. The topological polar surface area (TPSA) is 38.8 Å². The van der Waals surface area contributed by atoms with Crippen molar-refractivity contribution in [3.05, 3.63) is 10.7 Å². The maximum absolute atomic E-state index is 11.5. The molecule has 1 fully saturated rings. The molecule has 0 aliphatic carbocycles. The van der Waals surface area contributed by atoms with Crippen molar-refractivity contribution < 1.29 is 14.3 Å². The number of ether oxygens (including phenoxy) is 2. The molecular formula is C12H18ClNO3. The van der Waals surface area contributed by atoms with Gasteiger partial charge in [0.25, 0.3) is 0 Å². The third kappa shape index (κ3) is 2.75. The van der Waals surface area contributed by atoms with Gasteiger partial charge in [-0.2, -0.15) is 0 Å². The van der Waals surface area contributed by atoms with Gasteiger partial charge < -0.3 is 14.4 Å². The van der Waals surface area contributed by atoms with E-state index >= 15 is 0 Å². The maximum atomic E-state index is 11.5. The number of likely N-dealkylation sites (tertiary alicyclic amines) is 1. The molecule has 1 atom stereocenters. The Bertz CT molecular complexity index is 335. The number of carbonyl (C=O) groups excluding carboxylic acids is 1. The number of esters is 1. The van der Waals surface area contributed by atoms with Gasteiger partial charge in [0.15, 0.2) is 5.03 Å². The van der Waals surface area contributed by atoms with Crippen molar-refractivity contribution in [2.75, 3.05) is 13.1 Å². The average molecular weight is 260 g/mol. The molecule has 2 heterocycles. The minimum Gasteiger partial charge on any atom is -0.425 e. The predicted molar refractivity (Wildman–Crippen MR) is 64.4 cm³/mol. The Kier molecular flexibility index (Phi) is 3.94. The van der Waals surface area contributed by atoms with Crippen molar-refractivity contribution in [1.82, 2.24) is 4.90 Å². The highest BCUT2D eigenvalue weighted by molar-refractivity contribution is 6.42. The van der Waals surface area contributed by atoms with Gasteiger partial charge in [-0.1, -0.05) is 11.6 Å². The molecule has 2 aliphatic heterocycles. The van der Waals surface area contributed by atoms with Crippen LogP contribution in [0, 0.1) is 0 Å². The molecule has 2 aliphatic rings. The summed E-state index contributed by atoms with van der Waals surface area (Å²) in [4.78, 5) is 13.6. The van der Waals surface area contributed by atoms with Crippen LogP contribution in [0.2, 0.25) is 0 Å². The summed E-state index contributed by atoms with van der Waals surface area (Å²) in [5.74, 6) is -0.474. The first-order valence-electron chi connectivity index (χ1n) is 6.10. The molecule has 5 heteroatoms. The fourth-order valence-electron chi connectivity index (χ4n) is 2.17. The zero-order chi connectivity index (χ0) is 12.4. The number of carbonyl (C=O) groups is 1. The van der Waals surface area contributed by atoms with Gasteiger partial charge in [-0.25, -0.2) is 4.79 Å². The highest BCUT2D eigenvalue weighted by atomic mass is 35.5. The fourth-order valence-corrected chi connectivity index (χ4v) is 2.43. The minimum atomic E-state index is -0.631. The normalized spacial score (nSPS) is 25.8. The first-order chi connectivity index (χ1) is 8.09. The van der Waals surface area contributed by atoms with Crippen molar-refractivity contribution >= 4 is 17.6 Å². The van der Waals surface area contributed by atoms with Crippen LogP contribution in [-0.4, -0.2) is 36.4 Å². The predicted octanol–water partition coefficient (Wildman–Crippen LogP) is 2.23. The van der Waals surface area contributed by atoms with Gasteiger partial charge in [0, 0.05) is 13.1 Å². The smallest absolute Gasteiger partial charge is 0.354 e. The molecule has 0 bridgehead atoms. The zero-order valence-corrected chi connectivity index (χ0v) is 11.0. The van der Waals surface area contributed by atoms with Crippen LogP contribution in [0.4, 0.5) is 0 Å². The van der Waals surface area contributed by atoms with Gasteiger partial charge >= 0.3 is 5.97 Å². The Morgan fingerprint density at radius 2 is 2.00 bits per heavy atom.